The second-order valence-electron chi connectivity index (χ2n) is 3.10. The highest BCUT2D eigenvalue weighted by molar-refractivity contribution is 9.11. The van der Waals surface area contributed by atoms with Crippen LogP contribution in [-0.2, 0) is 0 Å². The summed E-state index contributed by atoms with van der Waals surface area (Å²) < 4.78 is 27.5. The lowest BCUT2D eigenvalue weighted by molar-refractivity contribution is -0.0712. The van der Waals surface area contributed by atoms with Crippen molar-refractivity contribution < 1.29 is 13.9 Å². The summed E-state index contributed by atoms with van der Waals surface area (Å²) in [6.07, 6.45) is 0. The summed E-state index contributed by atoms with van der Waals surface area (Å²) in [5.74, 6) is -3.32. The predicted octanol–water partition coefficient (Wildman–Crippen LogP) is 3.26. The van der Waals surface area contributed by atoms with Crippen LogP contribution in [0, 0.1) is 0 Å². The SMILES string of the molecule is Cl.N[C@H](c1cc(Br)cc(Br)c1)C(F)(F)CO. The average Bonchev–Trinajstić information content (AvgIpc) is 2.15. The van der Waals surface area contributed by atoms with Crippen molar-refractivity contribution in [3.63, 3.8) is 0 Å². The van der Waals surface area contributed by atoms with Crippen LogP contribution in [0.2, 0.25) is 0 Å². The summed E-state index contributed by atoms with van der Waals surface area (Å²) in [6, 6.07) is 3.20. The van der Waals surface area contributed by atoms with Gasteiger partial charge in [-0.05, 0) is 23.8 Å². The van der Waals surface area contributed by atoms with Crippen molar-refractivity contribution in [3.8, 4) is 0 Å². The van der Waals surface area contributed by atoms with Crippen LogP contribution in [0.1, 0.15) is 11.6 Å². The lowest BCUT2D eigenvalue weighted by atomic mass is 10.0. The van der Waals surface area contributed by atoms with E-state index in [1.54, 1.807) is 6.07 Å². The van der Waals surface area contributed by atoms with Gasteiger partial charge in [-0.25, -0.2) is 8.78 Å². The minimum Gasteiger partial charge on any atom is -0.390 e. The Labute approximate surface area is 115 Å². The number of halogens is 5. The minimum atomic E-state index is -3.32. The number of aliphatic hydroxyl groups excluding tert-OH is 1. The quantitative estimate of drug-likeness (QED) is 0.844. The Morgan fingerprint density at radius 2 is 1.69 bits per heavy atom. The van der Waals surface area contributed by atoms with Crippen LogP contribution in [0.4, 0.5) is 8.78 Å². The summed E-state index contributed by atoms with van der Waals surface area (Å²) in [5, 5.41) is 8.51. The van der Waals surface area contributed by atoms with Crippen LogP contribution >= 0.6 is 44.3 Å². The molecule has 2 nitrogen and oxygen atoms in total. The minimum absolute atomic E-state index is 0. The molecular formula is C9H10Br2ClF2NO. The van der Waals surface area contributed by atoms with Gasteiger partial charge < -0.3 is 10.8 Å². The number of benzene rings is 1. The molecule has 0 aliphatic carbocycles. The molecule has 1 aromatic carbocycles. The van der Waals surface area contributed by atoms with E-state index in [9.17, 15) is 8.78 Å². The zero-order chi connectivity index (χ0) is 11.6. The van der Waals surface area contributed by atoms with Crippen LogP contribution in [0.25, 0.3) is 0 Å². The molecule has 1 aromatic rings. The molecule has 0 heterocycles. The van der Waals surface area contributed by atoms with E-state index in [4.69, 9.17) is 10.8 Å². The second kappa shape index (κ2) is 6.26. The Hall–Kier alpha value is 0.250. The molecule has 0 bridgehead atoms. The molecule has 3 N–H and O–H groups in total. The Balaban J connectivity index is 0.00000225. The number of hydrogen-bond donors (Lipinski definition) is 2. The van der Waals surface area contributed by atoms with Crippen LogP contribution in [-0.4, -0.2) is 17.6 Å². The molecule has 1 rings (SSSR count). The topological polar surface area (TPSA) is 46.2 Å². The Morgan fingerprint density at radius 1 is 1.25 bits per heavy atom. The van der Waals surface area contributed by atoms with E-state index in [1.807, 2.05) is 0 Å². The summed E-state index contributed by atoms with van der Waals surface area (Å²) >= 11 is 6.35. The van der Waals surface area contributed by atoms with Gasteiger partial charge in [-0.1, -0.05) is 31.9 Å². The summed E-state index contributed by atoms with van der Waals surface area (Å²) in [4.78, 5) is 0. The van der Waals surface area contributed by atoms with Crippen molar-refractivity contribution in [2.24, 2.45) is 5.73 Å². The van der Waals surface area contributed by atoms with Gasteiger partial charge in [-0.3, -0.25) is 0 Å². The molecular weight excluding hydrogens is 371 g/mol. The highest BCUT2D eigenvalue weighted by Crippen LogP contribution is 2.32. The van der Waals surface area contributed by atoms with Gasteiger partial charge in [0.05, 0.1) is 6.04 Å². The van der Waals surface area contributed by atoms with Crippen molar-refractivity contribution in [1.29, 1.82) is 0 Å². The van der Waals surface area contributed by atoms with Gasteiger partial charge in [0.25, 0.3) is 5.92 Å². The van der Waals surface area contributed by atoms with Crippen molar-refractivity contribution in [2.45, 2.75) is 12.0 Å². The first-order chi connectivity index (χ1) is 6.86. The van der Waals surface area contributed by atoms with Crippen LogP contribution in [0.15, 0.2) is 27.1 Å². The zero-order valence-electron chi connectivity index (χ0n) is 7.96. The smallest absolute Gasteiger partial charge is 0.289 e. The molecule has 0 spiro atoms. The third-order valence-corrected chi connectivity index (χ3v) is 2.83. The molecule has 0 radical (unpaired) electrons. The van der Waals surface area contributed by atoms with Crippen LogP contribution in [0.3, 0.4) is 0 Å². The molecule has 7 heteroatoms. The maximum absolute atomic E-state index is 13.1. The normalized spacial score (nSPS) is 13.1. The Kier molecular flexibility index (Phi) is 6.35. The highest BCUT2D eigenvalue weighted by atomic mass is 79.9. The molecule has 0 saturated heterocycles. The third kappa shape index (κ3) is 3.92. The molecule has 1 atom stereocenters. The molecule has 92 valence electrons. The first-order valence-corrected chi connectivity index (χ1v) is 5.65. The van der Waals surface area contributed by atoms with E-state index in [2.05, 4.69) is 31.9 Å². The van der Waals surface area contributed by atoms with E-state index in [-0.39, 0.29) is 18.0 Å². The van der Waals surface area contributed by atoms with E-state index < -0.39 is 18.6 Å². The van der Waals surface area contributed by atoms with Gasteiger partial charge in [-0.15, -0.1) is 12.4 Å². The maximum atomic E-state index is 13.1. The zero-order valence-corrected chi connectivity index (χ0v) is 11.9. The van der Waals surface area contributed by atoms with E-state index >= 15 is 0 Å². The molecule has 0 amide bonds. The Bertz CT molecular complexity index is 345. The standard InChI is InChI=1S/C9H9Br2F2NO.ClH/c10-6-1-5(2-7(11)3-6)8(14)9(12,13)4-15;/h1-3,8,15H,4,14H2;1H/t8-;/m1./s1. The number of alkyl halides is 2. The summed E-state index contributed by atoms with van der Waals surface area (Å²) in [7, 11) is 0. The molecule has 0 aromatic heterocycles. The molecule has 0 aliphatic rings. The third-order valence-electron chi connectivity index (χ3n) is 1.91. The number of aliphatic hydroxyl groups is 1. The lowest BCUT2D eigenvalue weighted by Gasteiger charge is -2.22. The van der Waals surface area contributed by atoms with Crippen molar-refractivity contribution in [3.05, 3.63) is 32.7 Å². The predicted molar refractivity (Wildman–Crippen MR) is 68.1 cm³/mol. The molecule has 16 heavy (non-hydrogen) atoms. The van der Waals surface area contributed by atoms with Gasteiger partial charge in [0.1, 0.15) is 6.61 Å². The fourth-order valence-corrected chi connectivity index (χ4v) is 2.43. The van der Waals surface area contributed by atoms with Gasteiger partial charge in [0.15, 0.2) is 0 Å². The molecule has 0 unspecified atom stereocenters. The largest absolute Gasteiger partial charge is 0.390 e. The van der Waals surface area contributed by atoms with Gasteiger partial charge >= 0.3 is 0 Å². The summed E-state index contributed by atoms with van der Waals surface area (Å²) in [6.45, 7) is -1.27. The average molecular weight is 381 g/mol. The van der Waals surface area contributed by atoms with Crippen LogP contribution < -0.4 is 5.73 Å². The van der Waals surface area contributed by atoms with E-state index in [0.29, 0.717) is 8.95 Å². The van der Waals surface area contributed by atoms with Crippen molar-refractivity contribution in [2.75, 3.05) is 6.61 Å². The fraction of sp³-hybridized carbons (Fsp3) is 0.333. The number of hydrogen-bond acceptors (Lipinski definition) is 2. The number of nitrogens with two attached hydrogens (primary N) is 1. The van der Waals surface area contributed by atoms with Gasteiger partial charge in [0, 0.05) is 8.95 Å². The number of rotatable bonds is 3. The highest BCUT2D eigenvalue weighted by Gasteiger charge is 2.37. The summed E-state index contributed by atoms with van der Waals surface area (Å²) in [5.41, 5.74) is 5.63. The van der Waals surface area contributed by atoms with Crippen LogP contribution in [0.5, 0.6) is 0 Å². The molecule has 0 saturated carbocycles. The molecule has 0 aliphatic heterocycles. The lowest BCUT2D eigenvalue weighted by Crippen LogP contribution is -2.36. The second-order valence-corrected chi connectivity index (χ2v) is 4.93. The van der Waals surface area contributed by atoms with Gasteiger partial charge in [-0.2, -0.15) is 0 Å². The fourth-order valence-electron chi connectivity index (χ4n) is 1.10. The van der Waals surface area contributed by atoms with Gasteiger partial charge in [0.2, 0.25) is 0 Å². The van der Waals surface area contributed by atoms with Crippen molar-refractivity contribution >= 4 is 44.3 Å². The Morgan fingerprint density at radius 3 is 2.06 bits per heavy atom. The maximum Gasteiger partial charge on any atom is 0.289 e. The first kappa shape index (κ1) is 16.2. The monoisotopic (exact) mass is 379 g/mol. The van der Waals surface area contributed by atoms with E-state index in [1.165, 1.54) is 12.1 Å². The molecule has 0 fully saturated rings. The first-order valence-electron chi connectivity index (χ1n) is 4.07. The van der Waals surface area contributed by atoms with Crippen molar-refractivity contribution in [1.82, 2.24) is 0 Å². The van der Waals surface area contributed by atoms with E-state index in [0.717, 1.165) is 0 Å².